The molecule has 29 heavy (non-hydrogen) atoms. The van der Waals surface area contributed by atoms with Gasteiger partial charge in [0, 0.05) is 18.8 Å². The number of benzene rings is 1. The molecule has 2 N–H and O–H groups in total. The number of likely N-dealkylation sites (tertiary alicyclic amines) is 1. The second-order valence-electron chi connectivity index (χ2n) is 7.51. The monoisotopic (exact) mass is 403 g/mol. The summed E-state index contributed by atoms with van der Waals surface area (Å²) in [7, 11) is 4.45. The fourth-order valence-electron chi connectivity index (χ4n) is 4.03. The molecule has 0 unspecified atom stereocenters. The Balaban J connectivity index is 2.00. The van der Waals surface area contributed by atoms with Crippen LogP contribution < -0.4 is 20.1 Å². The highest BCUT2D eigenvalue weighted by Gasteiger charge is 2.35. The Morgan fingerprint density at radius 1 is 1.21 bits per heavy atom. The highest BCUT2D eigenvalue weighted by Crippen LogP contribution is 2.34. The van der Waals surface area contributed by atoms with E-state index in [0.29, 0.717) is 40.8 Å². The molecule has 0 aromatic heterocycles. The van der Waals surface area contributed by atoms with Gasteiger partial charge in [-0.15, -0.1) is 0 Å². The maximum absolute atomic E-state index is 12.7. The van der Waals surface area contributed by atoms with Gasteiger partial charge >= 0.3 is 12.0 Å². The summed E-state index contributed by atoms with van der Waals surface area (Å²) in [5, 5.41) is 5.66. The summed E-state index contributed by atoms with van der Waals surface area (Å²) in [5.41, 5.74) is 1.69. The van der Waals surface area contributed by atoms with Gasteiger partial charge < -0.3 is 24.8 Å². The van der Waals surface area contributed by atoms with Crippen molar-refractivity contribution in [2.24, 2.45) is 5.92 Å². The number of methoxy groups -OCH3 is 3. The van der Waals surface area contributed by atoms with Crippen LogP contribution in [0.2, 0.25) is 0 Å². The van der Waals surface area contributed by atoms with Crippen LogP contribution in [0.1, 0.15) is 31.4 Å². The maximum atomic E-state index is 12.7. The zero-order chi connectivity index (χ0) is 21.0. The van der Waals surface area contributed by atoms with E-state index in [2.05, 4.69) is 22.5 Å². The first-order chi connectivity index (χ1) is 14.0. The lowest BCUT2D eigenvalue weighted by molar-refractivity contribution is -0.136. The smallest absolute Gasteiger partial charge is 0.338 e. The zero-order valence-corrected chi connectivity index (χ0v) is 17.4. The van der Waals surface area contributed by atoms with Gasteiger partial charge in [0.25, 0.3) is 0 Å². The van der Waals surface area contributed by atoms with Gasteiger partial charge in [0.1, 0.15) is 0 Å². The van der Waals surface area contributed by atoms with Crippen molar-refractivity contribution in [2.45, 2.75) is 25.8 Å². The van der Waals surface area contributed by atoms with Gasteiger partial charge in [0.2, 0.25) is 0 Å². The second-order valence-corrected chi connectivity index (χ2v) is 7.51. The topological polar surface area (TPSA) is 89.1 Å². The number of carbonyl (C=O) groups is 2. The second kappa shape index (κ2) is 9.17. The first-order valence-electron chi connectivity index (χ1n) is 9.80. The Kier molecular flexibility index (Phi) is 6.64. The molecule has 0 radical (unpaired) electrons. The molecule has 2 heterocycles. The quantitative estimate of drug-likeness (QED) is 0.708. The summed E-state index contributed by atoms with van der Waals surface area (Å²) in [5.74, 6) is 1.21. The average molecular weight is 403 g/mol. The number of nitrogens with zero attached hydrogens (tertiary/aromatic N) is 1. The van der Waals surface area contributed by atoms with Gasteiger partial charge in [0.05, 0.1) is 32.9 Å². The predicted octanol–water partition coefficient (Wildman–Crippen LogP) is 2.22. The first-order valence-corrected chi connectivity index (χ1v) is 9.80. The van der Waals surface area contributed by atoms with Gasteiger partial charge in [0.15, 0.2) is 11.5 Å². The fourth-order valence-corrected chi connectivity index (χ4v) is 4.03. The molecule has 158 valence electrons. The third-order valence-corrected chi connectivity index (χ3v) is 5.42. The average Bonchev–Trinajstić information content (AvgIpc) is 2.72. The molecular formula is C21H29N3O5. The minimum atomic E-state index is -0.645. The molecule has 2 aliphatic heterocycles. The Morgan fingerprint density at radius 2 is 1.97 bits per heavy atom. The van der Waals surface area contributed by atoms with Crippen molar-refractivity contribution in [3.8, 4) is 11.5 Å². The molecule has 2 amide bonds. The van der Waals surface area contributed by atoms with E-state index in [4.69, 9.17) is 14.2 Å². The number of esters is 1. The summed E-state index contributed by atoms with van der Waals surface area (Å²) >= 11 is 0. The number of nitrogens with one attached hydrogen (secondary N) is 2. The Labute approximate surface area is 171 Å². The molecule has 0 aliphatic carbocycles. The molecular weight excluding hydrogens is 374 g/mol. The number of hydrogen-bond acceptors (Lipinski definition) is 6. The standard InChI is InChI=1S/C21H29N3O5/c1-13-6-5-9-24(11-13)12-15-18(20(25)29-4)19(23-21(26)22-15)14-7-8-16(27-2)17(10-14)28-3/h7-8,10,13,19H,5-6,9,11-12H2,1-4H3,(H2,22,23,26)/t13-,19-/m1/s1. The lowest BCUT2D eigenvalue weighted by Crippen LogP contribution is -2.49. The molecule has 1 aromatic carbocycles. The predicted molar refractivity (Wildman–Crippen MR) is 108 cm³/mol. The van der Waals surface area contributed by atoms with E-state index in [0.717, 1.165) is 19.5 Å². The molecule has 1 fully saturated rings. The summed E-state index contributed by atoms with van der Waals surface area (Å²) in [6, 6.07) is 4.33. The van der Waals surface area contributed by atoms with E-state index in [-0.39, 0.29) is 6.03 Å². The summed E-state index contributed by atoms with van der Waals surface area (Å²) < 4.78 is 15.7. The zero-order valence-electron chi connectivity index (χ0n) is 17.4. The van der Waals surface area contributed by atoms with Gasteiger partial charge in [-0.05, 0) is 43.0 Å². The molecule has 0 bridgehead atoms. The lowest BCUT2D eigenvalue weighted by Gasteiger charge is -2.35. The van der Waals surface area contributed by atoms with E-state index in [1.54, 1.807) is 32.4 Å². The number of urea groups is 1. The van der Waals surface area contributed by atoms with Crippen LogP contribution in [-0.4, -0.2) is 57.9 Å². The molecule has 1 aromatic rings. The van der Waals surface area contributed by atoms with Gasteiger partial charge in [-0.25, -0.2) is 9.59 Å². The fraction of sp³-hybridized carbons (Fsp3) is 0.524. The van der Waals surface area contributed by atoms with E-state index in [1.807, 2.05) is 0 Å². The number of ether oxygens (including phenoxy) is 3. The molecule has 0 spiro atoms. The van der Waals surface area contributed by atoms with Crippen LogP contribution in [-0.2, 0) is 9.53 Å². The van der Waals surface area contributed by atoms with Crippen LogP contribution in [0.3, 0.4) is 0 Å². The minimum Gasteiger partial charge on any atom is -0.493 e. The van der Waals surface area contributed by atoms with Crippen LogP contribution >= 0.6 is 0 Å². The third kappa shape index (κ3) is 4.64. The number of hydrogen-bond donors (Lipinski definition) is 2. The van der Waals surface area contributed by atoms with Gasteiger partial charge in [-0.3, -0.25) is 4.90 Å². The maximum Gasteiger partial charge on any atom is 0.338 e. The molecule has 3 rings (SSSR count). The summed E-state index contributed by atoms with van der Waals surface area (Å²) in [4.78, 5) is 27.4. The minimum absolute atomic E-state index is 0.350. The molecule has 2 aliphatic rings. The highest BCUT2D eigenvalue weighted by molar-refractivity contribution is 5.95. The number of rotatable bonds is 6. The van der Waals surface area contributed by atoms with Gasteiger partial charge in [-0.1, -0.05) is 13.0 Å². The molecule has 2 atom stereocenters. The van der Waals surface area contributed by atoms with Crippen molar-refractivity contribution in [2.75, 3.05) is 41.0 Å². The van der Waals surface area contributed by atoms with E-state index >= 15 is 0 Å². The molecule has 0 saturated carbocycles. The van der Waals surface area contributed by atoms with Crippen LogP contribution in [0.15, 0.2) is 29.5 Å². The Bertz CT molecular complexity index is 808. The van der Waals surface area contributed by atoms with Crippen molar-refractivity contribution in [3.63, 3.8) is 0 Å². The number of piperidine rings is 1. The Hall–Kier alpha value is -2.74. The number of carbonyl (C=O) groups excluding carboxylic acids is 2. The molecule has 1 saturated heterocycles. The molecule has 8 heteroatoms. The van der Waals surface area contributed by atoms with Crippen LogP contribution in [0.4, 0.5) is 4.79 Å². The van der Waals surface area contributed by atoms with Crippen molar-refractivity contribution >= 4 is 12.0 Å². The third-order valence-electron chi connectivity index (χ3n) is 5.42. The van der Waals surface area contributed by atoms with Crippen LogP contribution in [0.25, 0.3) is 0 Å². The van der Waals surface area contributed by atoms with E-state index in [9.17, 15) is 9.59 Å². The van der Waals surface area contributed by atoms with Crippen molar-refractivity contribution < 1.29 is 23.8 Å². The van der Waals surface area contributed by atoms with Crippen LogP contribution in [0.5, 0.6) is 11.5 Å². The van der Waals surface area contributed by atoms with Crippen LogP contribution in [0, 0.1) is 5.92 Å². The highest BCUT2D eigenvalue weighted by atomic mass is 16.5. The number of amides is 2. The normalized spacial score (nSPS) is 22.6. The van der Waals surface area contributed by atoms with Crippen molar-refractivity contribution in [3.05, 3.63) is 35.0 Å². The van der Waals surface area contributed by atoms with Gasteiger partial charge in [-0.2, -0.15) is 0 Å². The lowest BCUT2D eigenvalue weighted by atomic mass is 9.94. The van der Waals surface area contributed by atoms with E-state index in [1.165, 1.54) is 13.5 Å². The van der Waals surface area contributed by atoms with E-state index < -0.39 is 12.0 Å². The largest absolute Gasteiger partial charge is 0.493 e. The first kappa shape index (κ1) is 21.0. The van der Waals surface area contributed by atoms with Crippen molar-refractivity contribution in [1.29, 1.82) is 0 Å². The Morgan fingerprint density at radius 3 is 2.62 bits per heavy atom. The van der Waals surface area contributed by atoms with Crippen molar-refractivity contribution in [1.82, 2.24) is 15.5 Å². The summed E-state index contributed by atoms with van der Waals surface area (Å²) in [6.45, 7) is 4.58. The SMILES string of the molecule is COC(=O)C1=C(CN2CCC[C@@H](C)C2)NC(=O)N[C@@H]1c1ccc(OC)c(OC)c1. The summed E-state index contributed by atoms with van der Waals surface area (Å²) in [6.07, 6.45) is 2.30. The molecule has 8 nitrogen and oxygen atoms in total.